The first-order chi connectivity index (χ1) is 8.83. The van der Waals surface area contributed by atoms with E-state index in [0.717, 1.165) is 24.1 Å². The van der Waals surface area contributed by atoms with E-state index in [2.05, 4.69) is 16.3 Å². The van der Waals surface area contributed by atoms with Gasteiger partial charge in [-0.05, 0) is 48.6 Å². The van der Waals surface area contributed by atoms with Crippen LogP contribution in [0.4, 0.5) is 0 Å². The fraction of sp³-hybridized carbons (Fsp3) is 0.267. The van der Waals surface area contributed by atoms with Crippen LogP contribution in [0.5, 0.6) is 0 Å². The highest BCUT2D eigenvalue weighted by molar-refractivity contribution is 5.97. The van der Waals surface area contributed by atoms with Crippen molar-refractivity contribution >= 4 is 5.78 Å². The van der Waals surface area contributed by atoms with Crippen LogP contribution >= 0.6 is 0 Å². The molecule has 18 heavy (non-hydrogen) atoms. The average Bonchev–Trinajstić information content (AvgIpc) is 2.87. The Kier molecular flexibility index (Phi) is 2.89. The molecule has 90 valence electrons. The molecule has 0 spiro atoms. The van der Waals surface area contributed by atoms with Crippen LogP contribution in [0, 0.1) is 0 Å². The maximum atomic E-state index is 12.1. The number of benzene rings is 1. The molecule has 0 radical (unpaired) electrons. The lowest BCUT2D eigenvalue weighted by molar-refractivity contribution is 0.0991. The first-order valence-corrected chi connectivity index (χ1v) is 6.24. The Morgan fingerprint density at radius 2 is 2.06 bits per heavy atom. The van der Waals surface area contributed by atoms with Gasteiger partial charge in [0, 0.05) is 11.8 Å². The van der Waals surface area contributed by atoms with Crippen LogP contribution in [0.2, 0.25) is 0 Å². The maximum absolute atomic E-state index is 12.1. The minimum atomic E-state index is 0.116. The highest BCUT2D eigenvalue weighted by Crippen LogP contribution is 2.23. The van der Waals surface area contributed by atoms with Gasteiger partial charge in [-0.2, -0.15) is 10.2 Å². The Balaban J connectivity index is 1.81. The van der Waals surface area contributed by atoms with E-state index < -0.39 is 0 Å². The van der Waals surface area contributed by atoms with Crippen LogP contribution in [0.1, 0.15) is 33.6 Å². The second-order valence-electron chi connectivity index (χ2n) is 4.65. The minimum Gasteiger partial charge on any atom is -0.294 e. The molecule has 0 atom stereocenters. The summed E-state index contributed by atoms with van der Waals surface area (Å²) in [7, 11) is 0. The molecule has 3 rings (SSSR count). The van der Waals surface area contributed by atoms with E-state index in [9.17, 15) is 4.79 Å². The van der Waals surface area contributed by atoms with Crippen LogP contribution in [0.25, 0.3) is 0 Å². The van der Waals surface area contributed by atoms with Crippen LogP contribution in [-0.2, 0) is 19.3 Å². The van der Waals surface area contributed by atoms with E-state index in [4.69, 9.17) is 0 Å². The number of Topliss-reactive ketones (excluding diaryl/α,β-unsaturated/α-hetero) is 1. The van der Waals surface area contributed by atoms with E-state index in [0.29, 0.717) is 6.42 Å². The van der Waals surface area contributed by atoms with Crippen molar-refractivity contribution in [1.29, 1.82) is 0 Å². The smallest absolute Gasteiger partial charge is 0.168 e. The van der Waals surface area contributed by atoms with Crippen molar-refractivity contribution < 1.29 is 4.79 Å². The fourth-order valence-electron chi connectivity index (χ4n) is 2.44. The van der Waals surface area contributed by atoms with Crippen molar-refractivity contribution in [2.24, 2.45) is 0 Å². The topological polar surface area (TPSA) is 42.9 Å². The second kappa shape index (κ2) is 4.69. The third-order valence-electron chi connectivity index (χ3n) is 3.39. The van der Waals surface area contributed by atoms with Gasteiger partial charge in [0.15, 0.2) is 5.78 Å². The Morgan fingerprint density at radius 3 is 2.89 bits per heavy atom. The number of hydrogen-bond donors (Lipinski definition) is 0. The van der Waals surface area contributed by atoms with E-state index in [1.165, 1.54) is 17.5 Å². The number of hydrogen-bond acceptors (Lipinski definition) is 3. The molecular weight excluding hydrogens is 224 g/mol. The van der Waals surface area contributed by atoms with Crippen LogP contribution in [0.3, 0.4) is 0 Å². The molecule has 0 fully saturated rings. The molecule has 1 aliphatic rings. The number of fused-ring (bicyclic) bond motifs is 1. The van der Waals surface area contributed by atoms with Crippen LogP contribution in [-0.4, -0.2) is 16.0 Å². The van der Waals surface area contributed by atoms with Gasteiger partial charge in [-0.15, -0.1) is 0 Å². The zero-order valence-electron chi connectivity index (χ0n) is 10.1. The lowest BCUT2D eigenvalue weighted by Crippen LogP contribution is -2.06. The summed E-state index contributed by atoms with van der Waals surface area (Å²) < 4.78 is 0. The van der Waals surface area contributed by atoms with Gasteiger partial charge in [-0.25, -0.2) is 0 Å². The molecule has 0 amide bonds. The van der Waals surface area contributed by atoms with Crippen molar-refractivity contribution in [2.45, 2.75) is 25.7 Å². The second-order valence-corrected chi connectivity index (χ2v) is 4.65. The minimum absolute atomic E-state index is 0.116. The number of nitrogens with zero attached hydrogens (tertiary/aromatic N) is 2. The predicted octanol–water partition coefficient (Wildman–Crippen LogP) is 2.39. The summed E-state index contributed by atoms with van der Waals surface area (Å²) in [5.41, 5.74) is 4.25. The normalized spacial score (nSPS) is 13.3. The lowest BCUT2D eigenvalue weighted by Gasteiger charge is -2.04. The zero-order valence-corrected chi connectivity index (χ0v) is 10.1. The number of aromatic nitrogens is 2. The summed E-state index contributed by atoms with van der Waals surface area (Å²) in [6, 6.07) is 9.70. The highest BCUT2D eigenvalue weighted by atomic mass is 16.1. The summed E-state index contributed by atoms with van der Waals surface area (Å²) in [6.45, 7) is 0. The first kappa shape index (κ1) is 11.1. The van der Waals surface area contributed by atoms with Crippen LogP contribution in [0.15, 0.2) is 36.5 Å². The quantitative estimate of drug-likeness (QED) is 0.771. The summed E-state index contributed by atoms with van der Waals surface area (Å²) in [5, 5.41) is 7.73. The highest BCUT2D eigenvalue weighted by Gasteiger charge is 2.14. The van der Waals surface area contributed by atoms with Gasteiger partial charge in [0.05, 0.1) is 12.1 Å². The molecule has 2 aromatic rings. The lowest BCUT2D eigenvalue weighted by atomic mass is 10.0. The monoisotopic (exact) mass is 238 g/mol. The molecule has 1 aromatic carbocycles. The number of ketones is 1. The largest absolute Gasteiger partial charge is 0.294 e. The number of rotatable bonds is 3. The van der Waals surface area contributed by atoms with Gasteiger partial charge >= 0.3 is 0 Å². The zero-order chi connectivity index (χ0) is 12.4. The number of aryl methyl sites for hydroxylation is 2. The SMILES string of the molecule is O=C(Cc1cccnn1)c1ccc2c(c1)CCC2. The molecule has 0 bridgehead atoms. The van der Waals surface area contributed by atoms with Crippen molar-refractivity contribution in [3.05, 3.63) is 58.9 Å². The molecule has 3 nitrogen and oxygen atoms in total. The third-order valence-corrected chi connectivity index (χ3v) is 3.39. The maximum Gasteiger partial charge on any atom is 0.168 e. The molecule has 1 heterocycles. The van der Waals surface area contributed by atoms with Crippen LogP contribution < -0.4 is 0 Å². The van der Waals surface area contributed by atoms with Gasteiger partial charge < -0.3 is 0 Å². The fourth-order valence-corrected chi connectivity index (χ4v) is 2.44. The number of carbonyl (C=O) groups excluding carboxylic acids is 1. The average molecular weight is 238 g/mol. The summed E-state index contributed by atoms with van der Waals surface area (Å²) in [6.07, 6.45) is 5.39. The van der Waals surface area contributed by atoms with E-state index >= 15 is 0 Å². The van der Waals surface area contributed by atoms with E-state index in [1.54, 1.807) is 12.3 Å². The van der Waals surface area contributed by atoms with Crippen molar-refractivity contribution in [3.63, 3.8) is 0 Å². The van der Waals surface area contributed by atoms with Gasteiger partial charge in [-0.1, -0.05) is 12.1 Å². The standard InChI is InChI=1S/C15H14N2O/c18-15(10-14-5-2-8-16-17-14)13-7-6-11-3-1-4-12(11)9-13/h2,5-9H,1,3-4,10H2. The van der Waals surface area contributed by atoms with Gasteiger partial charge in [-0.3, -0.25) is 4.79 Å². The van der Waals surface area contributed by atoms with Crippen molar-refractivity contribution in [1.82, 2.24) is 10.2 Å². The Morgan fingerprint density at radius 1 is 1.17 bits per heavy atom. The number of carbonyl (C=O) groups is 1. The van der Waals surface area contributed by atoms with Crippen molar-refractivity contribution in [2.75, 3.05) is 0 Å². The van der Waals surface area contributed by atoms with E-state index in [1.807, 2.05) is 18.2 Å². The molecular formula is C15H14N2O. The van der Waals surface area contributed by atoms with Crippen molar-refractivity contribution in [3.8, 4) is 0 Å². The third kappa shape index (κ3) is 2.16. The molecule has 0 unspecified atom stereocenters. The molecule has 0 saturated carbocycles. The predicted molar refractivity (Wildman–Crippen MR) is 68.5 cm³/mol. The van der Waals surface area contributed by atoms with E-state index in [-0.39, 0.29) is 5.78 Å². The Labute approximate surface area is 106 Å². The Bertz CT molecular complexity index is 578. The molecule has 0 aliphatic heterocycles. The summed E-state index contributed by atoms with van der Waals surface area (Å²) in [4.78, 5) is 12.1. The molecule has 3 heteroatoms. The molecule has 1 aliphatic carbocycles. The molecule has 0 saturated heterocycles. The Hall–Kier alpha value is -2.03. The summed E-state index contributed by atoms with van der Waals surface area (Å²) >= 11 is 0. The van der Waals surface area contributed by atoms with Gasteiger partial charge in [0.1, 0.15) is 0 Å². The molecule has 1 aromatic heterocycles. The summed E-state index contributed by atoms with van der Waals surface area (Å²) in [5.74, 6) is 0.116. The van der Waals surface area contributed by atoms with Gasteiger partial charge in [0.2, 0.25) is 0 Å². The molecule has 0 N–H and O–H groups in total. The first-order valence-electron chi connectivity index (χ1n) is 6.24. The van der Waals surface area contributed by atoms with Gasteiger partial charge in [0.25, 0.3) is 0 Å².